The van der Waals surface area contributed by atoms with E-state index in [0.717, 1.165) is 16.0 Å². The zero-order valence-corrected chi connectivity index (χ0v) is 16.5. The van der Waals surface area contributed by atoms with E-state index in [1.165, 1.54) is 25.4 Å². The van der Waals surface area contributed by atoms with Gasteiger partial charge < -0.3 is 15.4 Å². The molecule has 0 aliphatic rings. The summed E-state index contributed by atoms with van der Waals surface area (Å²) in [5.41, 5.74) is 1.95. The largest absolute Gasteiger partial charge is 0.469 e. The maximum absolute atomic E-state index is 12.6. The molecule has 0 aliphatic heterocycles. The van der Waals surface area contributed by atoms with Crippen molar-refractivity contribution in [1.29, 1.82) is 0 Å². The minimum absolute atomic E-state index is 0.0537. The van der Waals surface area contributed by atoms with Gasteiger partial charge in [0.25, 0.3) is 0 Å². The Labute approximate surface area is 162 Å². The van der Waals surface area contributed by atoms with Crippen molar-refractivity contribution in [2.75, 3.05) is 7.11 Å². The molecule has 0 saturated carbocycles. The van der Waals surface area contributed by atoms with Gasteiger partial charge in [0.1, 0.15) is 0 Å². The van der Waals surface area contributed by atoms with Crippen LogP contribution >= 0.6 is 11.3 Å². The molecule has 0 bridgehead atoms. The normalized spacial score (nSPS) is 12.7. The Kier molecular flexibility index (Phi) is 7.55. The first kappa shape index (κ1) is 20.6. The predicted octanol–water partition coefficient (Wildman–Crippen LogP) is 3.04. The molecule has 7 heteroatoms. The standard InChI is InChI=1S/C20H24N2O4S/c1-13-6-8-15(9-7-13)16(21-14(2)23)11-19(24)22-17(12-20(25)26-3)18-5-4-10-27-18/h4-10,16-17H,11-12H2,1-3H3,(H,21,23)(H,22,24). The summed E-state index contributed by atoms with van der Waals surface area (Å²) in [6.45, 7) is 3.40. The third-order valence-corrected chi connectivity index (χ3v) is 5.05. The van der Waals surface area contributed by atoms with Crippen molar-refractivity contribution in [2.45, 2.75) is 38.8 Å². The SMILES string of the molecule is COC(=O)CC(NC(=O)CC(NC(C)=O)c1ccc(C)cc1)c1cccs1. The first-order valence-electron chi connectivity index (χ1n) is 8.62. The molecule has 0 saturated heterocycles. The van der Waals surface area contributed by atoms with Crippen molar-refractivity contribution < 1.29 is 19.1 Å². The second-order valence-electron chi connectivity index (χ2n) is 6.28. The summed E-state index contributed by atoms with van der Waals surface area (Å²) in [4.78, 5) is 36.8. The Morgan fingerprint density at radius 1 is 1.04 bits per heavy atom. The Hall–Kier alpha value is -2.67. The number of amides is 2. The maximum atomic E-state index is 12.6. The molecular weight excluding hydrogens is 364 g/mol. The van der Waals surface area contributed by atoms with Crippen molar-refractivity contribution in [3.63, 3.8) is 0 Å². The molecule has 0 aliphatic carbocycles. The van der Waals surface area contributed by atoms with Gasteiger partial charge >= 0.3 is 5.97 Å². The lowest BCUT2D eigenvalue weighted by atomic mass is 10.0. The van der Waals surface area contributed by atoms with Gasteiger partial charge in [0.2, 0.25) is 11.8 Å². The van der Waals surface area contributed by atoms with E-state index in [1.54, 1.807) is 0 Å². The van der Waals surface area contributed by atoms with Crippen molar-refractivity contribution in [3.8, 4) is 0 Å². The number of hydrogen-bond donors (Lipinski definition) is 2. The fourth-order valence-electron chi connectivity index (χ4n) is 2.70. The van der Waals surface area contributed by atoms with E-state index >= 15 is 0 Å². The van der Waals surface area contributed by atoms with Crippen LogP contribution in [0.4, 0.5) is 0 Å². The number of methoxy groups -OCH3 is 1. The van der Waals surface area contributed by atoms with Gasteiger partial charge in [-0.2, -0.15) is 0 Å². The number of esters is 1. The van der Waals surface area contributed by atoms with Crippen LogP contribution in [0, 0.1) is 6.92 Å². The molecular formula is C20H24N2O4S. The van der Waals surface area contributed by atoms with Gasteiger partial charge in [0.15, 0.2) is 0 Å². The number of thiophene rings is 1. The molecule has 1 aromatic heterocycles. The van der Waals surface area contributed by atoms with Crippen LogP contribution in [0.5, 0.6) is 0 Å². The molecule has 2 rings (SSSR count). The van der Waals surface area contributed by atoms with Gasteiger partial charge in [-0.25, -0.2) is 0 Å². The monoisotopic (exact) mass is 388 g/mol. The summed E-state index contributed by atoms with van der Waals surface area (Å²) in [5.74, 6) is -0.861. The van der Waals surface area contributed by atoms with Crippen molar-refractivity contribution in [2.24, 2.45) is 0 Å². The van der Waals surface area contributed by atoms with E-state index < -0.39 is 18.1 Å². The fourth-order valence-corrected chi connectivity index (χ4v) is 3.48. The number of carbonyl (C=O) groups excluding carboxylic acids is 3. The van der Waals surface area contributed by atoms with Crippen LogP contribution < -0.4 is 10.6 Å². The van der Waals surface area contributed by atoms with Crippen LogP contribution in [0.25, 0.3) is 0 Å². The summed E-state index contributed by atoms with van der Waals surface area (Å²) in [6.07, 6.45) is 0.129. The second kappa shape index (κ2) is 9.87. The number of rotatable bonds is 8. The Morgan fingerprint density at radius 2 is 1.74 bits per heavy atom. The Balaban J connectivity index is 2.11. The van der Waals surface area contributed by atoms with Gasteiger partial charge in [-0.05, 0) is 23.9 Å². The van der Waals surface area contributed by atoms with E-state index in [9.17, 15) is 14.4 Å². The average molecular weight is 388 g/mol. The van der Waals surface area contributed by atoms with Crippen LogP contribution in [-0.2, 0) is 19.1 Å². The molecule has 27 heavy (non-hydrogen) atoms. The number of nitrogens with one attached hydrogen (secondary N) is 2. The molecule has 1 aromatic carbocycles. The summed E-state index contributed by atoms with van der Waals surface area (Å²) < 4.78 is 4.73. The van der Waals surface area contributed by atoms with E-state index in [1.807, 2.05) is 48.7 Å². The number of ether oxygens (including phenoxy) is 1. The van der Waals surface area contributed by atoms with Crippen LogP contribution in [0.3, 0.4) is 0 Å². The molecule has 2 N–H and O–H groups in total. The van der Waals surface area contributed by atoms with E-state index in [-0.39, 0.29) is 24.7 Å². The van der Waals surface area contributed by atoms with Crippen molar-refractivity contribution >= 4 is 29.1 Å². The lowest BCUT2D eigenvalue weighted by Crippen LogP contribution is -2.35. The highest BCUT2D eigenvalue weighted by Gasteiger charge is 2.23. The fraction of sp³-hybridized carbons (Fsp3) is 0.350. The highest BCUT2D eigenvalue weighted by molar-refractivity contribution is 7.10. The van der Waals surface area contributed by atoms with Crippen LogP contribution in [0.2, 0.25) is 0 Å². The minimum atomic E-state index is -0.457. The minimum Gasteiger partial charge on any atom is -0.469 e. The van der Waals surface area contributed by atoms with Crippen LogP contribution in [0.1, 0.15) is 47.9 Å². The zero-order chi connectivity index (χ0) is 19.8. The smallest absolute Gasteiger partial charge is 0.307 e. The third kappa shape index (κ3) is 6.53. The molecule has 2 atom stereocenters. The number of hydrogen-bond acceptors (Lipinski definition) is 5. The van der Waals surface area contributed by atoms with Crippen LogP contribution in [0.15, 0.2) is 41.8 Å². The molecule has 0 radical (unpaired) electrons. The van der Waals surface area contributed by atoms with Crippen molar-refractivity contribution in [3.05, 3.63) is 57.8 Å². The van der Waals surface area contributed by atoms with E-state index in [2.05, 4.69) is 10.6 Å². The van der Waals surface area contributed by atoms with Crippen LogP contribution in [-0.4, -0.2) is 24.9 Å². The lowest BCUT2D eigenvalue weighted by molar-refractivity contribution is -0.141. The molecule has 1 heterocycles. The highest BCUT2D eigenvalue weighted by Crippen LogP contribution is 2.24. The highest BCUT2D eigenvalue weighted by atomic mass is 32.1. The molecule has 144 valence electrons. The summed E-state index contributed by atoms with van der Waals surface area (Å²) >= 11 is 1.46. The number of aryl methyl sites for hydroxylation is 1. The quantitative estimate of drug-likeness (QED) is 0.681. The molecule has 2 amide bonds. The Morgan fingerprint density at radius 3 is 2.30 bits per heavy atom. The first-order chi connectivity index (χ1) is 12.9. The number of benzene rings is 1. The van der Waals surface area contributed by atoms with Crippen molar-refractivity contribution in [1.82, 2.24) is 10.6 Å². The van der Waals surface area contributed by atoms with E-state index in [4.69, 9.17) is 4.74 Å². The third-order valence-electron chi connectivity index (χ3n) is 4.07. The van der Waals surface area contributed by atoms with Gasteiger partial charge in [-0.3, -0.25) is 14.4 Å². The van der Waals surface area contributed by atoms with Gasteiger partial charge in [0, 0.05) is 11.8 Å². The van der Waals surface area contributed by atoms with Gasteiger partial charge in [-0.15, -0.1) is 11.3 Å². The lowest BCUT2D eigenvalue weighted by Gasteiger charge is -2.21. The predicted molar refractivity (Wildman–Crippen MR) is 104 cm³/mol. The average Bonchev–Trinajstić information content (AvgIpc) is 3.15. The molecule has 2 unspecified atom stereocenters. The van der Waals surface area contributed by atoms with Gasteiger partial charge in [-0.1, -0.05) is 35.9 Å². The summed E-state index contributed by atoms with van der Waals surface area (Å²) in [7, 11) is 1.32. The first-order valence-corrected chi connectivity index (χ1v) is 9.50. The Bertz CT molecular complexity index is 772. The zero-order valence-electron chi connectivity index (χ0n) is 15.7. The van der Waals surface area contributed by atoms with Gasteiger partial charge in [0.05, 0.1) is 32.0 Å². The number of carbonyl (C=O) groups is 3. The second-order valence-corrected chi connectivity index (χ2v) is 7.26. The van der Waals surface area contributed by atoms with E-state index in [0.29, 0.717) is 0 Å². The molecule has 2 aromatic rings. The molecule has 0 spiro atoms. The topological polar surface area (TPSA) is 84.5 Å². The molecule has 0 fully saturated rings. The maximum Gasteiger partial charge on any atom is 0.307 e. The summed E-state index contributed by atoms with van der Waals surface area (Å²) in [6, 6.07) is 10.5. The summed E-state index contributed by atoms with van der Waals surface area (Å²) in [5, 5.41) is 7.59. The molecule has 6 nitrogen and oxygen atoms in total.